The molecule has 1 unspecified atom stereocenters. The van der Waals surface area contributed by atoms with Gasteiger partial charge >= 0.3 is 5.97 Å². The maximum atomic E-state index is 12.5. The molecule has 0 fully saturated rings. The van der Waals surface area contributed by atoms with E-state index in [2.05, 4.69) is 24.4 Å². The van der Waals surface area contributed by atoms with Crippen molar-refractivity contribution in [3.8, 4) is 0 Å². The van der Waals surface area contributed by atoms with Gasteiger partial charge in [0.15, 0.2) is 0 Å². The van der Waals surface area contributed by atoms with Crippen molar-refractivity contribution in [2.45, 2.75) is 44.6 Å². The Morgan fingerprint density at radius 2 is 1.84 bits per heavy atom. The zero-order chi connectivity index (χ0) is 17.9. The van der Waals surface area contributed by atoms with E-state index in [1.165, 1.54) is 11.1 Å². The van der Waals surface area contributed by atoms with Gasteiger partial charge in [-0.05, 0) is 55.4 Å². The second-order valence-corrected chi connectivity index (χ2v) is 6.85. The standard InChI is InChI=1S/C21H23NO3/c1-21(14-6-9-16-8-3-5-11-18(16)21)22-19(23)13-12-15-7-2-4-10-17(15)20(24)25/h2-5,7-8,10-11H,6,9,12-14H2,1H3,(H,22,23)(H,24,25). The number of nitrogens with one attached hydrogen (secondary N) is 1. The molecule has 130 valence electrons. The lowest BCUT2D eigenvalue weighted by atomic mass is 9.77. The Kier molecular flexibility index (Phi) is 4.88. The maximum absolute atomic E-state index is 12.5. The number of carboxylic acid groups (broad SMARTS) is 1. The Labute approximate surface area is 147 Å². The van der Waals surface area contributed by atoms with Crippen molar-refractivity contribution in [2.75, 3.05) is 0 Å². The summed E-state index contributed by atoms with van der Waals surface area (Å²) in [7, 11) is 0. The Balaban J connectivity index is 1.69. The molecule has 1 aliphatic carbocycles. The van der Waals surface area contributed by atoms with Crippen LogP contribution in [0.1, 0.15) is 53.2 Å². The number of amides is 1. The topological polar surface area (TPSA) is 66.4 Å². The van der Waals surface area contributed by atoms with Crippen molar-refractivity contribution in [3.05, 3.63) is 70.8 Å². The maximum Gasteiger partial charge on any atom is 0.335 e. The van der Waals surface area contributed by atoms with Gasteiger partial charge in [-0.1, -0.05) is 42.5 Å². The van der Waals surface area contributed by atoms with Crippen LogP contribution in [0, 0.1) is 0 Å². The SMILES string of the molecule is CC1(NC(=O)CCc2ccccc2C(=O)O)CCCc2ccccc21. The smallest absolute Gasteiger partial charge is 0.335 e. The molecule has 0 radical (unpaired) electrons. The molecular formula is C21H23NO3. The van der Waals surface area contributed by atoms with E-state index in [0.717, 1.165) is 19.3 Å². The third kappa shape index (κ3) is 3.73. The normalized spacial score (nSPS) is 19.1. The Morgan fingerprint density at radius 1 is 1.12 bits per heavy atom. The summed E-state index contributed by atoms with van der Waals surface area (Å²) in [6.45, 7) is 2.08. The summed E-state index contributed by atoms with van der Waals surface area (Å²) in [4.78, 5) is 23.8. The number of aromatic carboxylic acids is 1. The van der Waals surface area contributed by atoms with Gasteiger partial charge in [0.25, 0.3) is 0 Å². The average molecular weight is 337 g/mol. The minimum absolute atomic E-state index is 0.0422. The summed E-state index contributed by atoms with van der Waals surface area (Å²) in [6, 6.07) is 15.1. The first-order valence-corrected chi connectivity index (χ1v) is 8.70. The first-order valence-electron chi connectivity index (χ1n) is 8.70. The van der Waals surface area contributed by atoms with Crippen LogP contribution in [0.15, 0.2) is 48.5 Å². The van der Waals surface area contributed by atoms with Crippen molar-refractivity contribution >= 4 is 11.9 Å². The quantitative estimate of drug-likeness (QED) is 0.874. The van der Waals surface area contributed by atoms with Gasteiger partial charge in [0.05, 0.1) is 11.1 Å². The largest absolute Gasteiger partial charge is 0.478 e. The summed E-state index contributed by atoms with van der Waals surface area (Å²) < 4.78 is 0. The van der Waals surface area contributed by atoms with E-state index in [1.807, 2.05) is 12.1 Å². The minimum atomic E-state index is -0.954. The Hall–Kier alpha value is -2.62. The van der Waals surface area contributed by atoms with Crippen LogP contribution in [-0.2, 0) is 23.2 Å². The fourth-order valence-corrected chi connectivity index (χ4v) is 3.74. The average Bonchev–Trinajstić information content (AvgIpc) is 2.60. The highest BCUT2D eigenvalue weighted by Crippen LogP contribution is 2.34. The van der Waals surface area contributed by atoms with Gasteiger partial charge in [-0.2, -0.15) is 0 Å². The lowest BCUT2D eigenvalue weighted by Gasteiger charge is -2.37. The molecule has 3 rings (SSSR count). The van der Waals surface area contributed by atoms with Crippen molar-refractivity contribution < 1.29 is 14.7 Å². The predicted molar refractivity (Wildman–Crippen MR) is 96.6 cm³/mol. The van der Waals surface area contributed by atoms with E-state index < -0.39 is 5.97 Å². The fraction of sp³-hybridized carbons (Fsp3) is 0.333. The van der Waals surface area contributed by atoms with E-state index in [-0.39, 0.29) is 23.4 Å². The molecule has 0 bridgehead atoms. The number of fused-ring (bicyclic) bond motifs is 1. The van der Waals surface area contributed by atoms with Crippen molar-refractivity contribution in [1.29, 1.82) is 0 Å². The van der Waals surface area contributed by atoms with Crippen LogP contribution in [-0.4, -0.2) is 17.0 Å². The zero-order valence-electron chi connectivity index (χ0n) is 14.4. The molecule has 25 heavy (non-hydrogen) atoms. The van der Waals surface area contributed by atoms with E-state index in [9.17, 15) is 14.7 Å². The molecule has 1 aliphatic rings. The second kappa shape index (κ2) is 7.09. The van der Waals surface area contributed by atoms with Crippen LogP contribution >= 0.6 is 0 Å². The number of rotatable bonds is 5. The van der Waals surface area contributed by atoms with Crippen LogP contribution in [0.5, 0.6) is 0 Å². The molecule has 4 nitrogen and oxygen atoms in total. The molecule has 1 amide bonds. The van der Waals surface area contributed by atoms with Crippen molar-refractivity contribution in [2.24, 2.45) is 0 Å². The van der Waals surface area contributed by atoms with Gasteiger partial charge in [0, 0.05) is 6.42 Å². The summed E-state index contributed by atoms with van der Waals surface area (Å²) in [5, 5.41) is 12.4. The lowest BCUT2D eigenvalue weighted by Crippen LogP contribution is -2.45. The molecule has 0 saturated heterocycles. The van der Waals surface area contributed by atoms with Crippen LogP contribution < -0.4 is 5.32 Å². The van der Waals surface area contributed by atoms with Gasteiger partial charge in [0.1, 0.15) is 0 Å². The number of benzene rings is 2. The molecule has 2 aromatic rings. The molecule has 0 aromatic heterocycles. The summed E-state index contributed by atoms with van der Waals surface area (Å²) in [5.41, 5.74) is 3.11. The number of carbonyl (C=O) groups is 2. The zero-order valence-corrected chi connectivity index (χ0v) is 14.4. The van der Waals surface area contributed by atoms with E-state index in [4.69, 9.17) is 0 Å². The van der Waals surface area contributed by atoms with Gasteiger partial charge in [-0.3, -0.25) is 4.79 Å². The monoisotopic (exact) mass is 337 g/mol. The molecule has 4 heteroatoms. The minimum Gasteiger partial charge on any atom is -0.478 e. The van der Waals surface area contributed by atoms with Crippen LogP contribution in [0.3, 0.4) is 0 Å². The lowest BCUT2D eigenvalue weighted by molar-refractivity contribution is -0.123. The van der Waals surface area contributed by atoms with Gasteiger partial charge < -0.3 is 10.4 Å². The van der Waals surface area contributed by atoms with Crippen LogP contribution in [0.4, 0.5) is 0 Å². The number of aryl methyl sites for hydroxylation is 2. The molecule has 2 N–H and O–H groups in total. The fourth-order valence-electron chi connectivity index (χ4n) is 3.74. The van der Waals surface area contributed by atoms with Crippen molar-refractivity contribution in [1.82, 2.24) is 5.32 Å². The second-order valence-electron chi connectivity index (χ2n) is 6.85. The number of hydrogen-bond donors (Lipinski definition) is 2. The number of carbonyl (C=O) groups excluding carboxylic acids is 1. The van der Waals surface area contributed by atoms with Crippen LogP contribution in [0.2, 0.25) is 0 Å². The molecule has 0 heterocycles. The highest BCUT2D eigenvalue weighted by molar-refractivity contribution is 5.89. The van der Waals surface area contributed by atoms with Gasteiger partial charge in [-0.25, -0.2) is 4.79 Å². The summed E-state index contributed by atoms with van der Waals surface area (Å²) >= 11 is 0. The molecule has 0 saturated carbocycles. The van der Waals surface area contributed by atoms with Gasteiger partial charge in [0.2, 0.25) is 5.91 Å². The predicted octanol–water partition coefficient (Wildman–Crippen LogP) is 3.69. The van der Waals surface area contributed by atoms with E-state index in [0.29, 0.717) is 12.0 Å². The first kappa shape index (κ1) is 17.2. The van der Waals surface area contributed by atoms with Gasteiger partial charge in [-0.15, -0.1) is 0 Å². The Bertz CT molecular complexity index is 799. The summed E-state index contributed by atoms with van der Waals surface area (Å²) in [6.07, 6.45) is 3.72. The number of carboxylic acids is 1. The van der Waals surface area contributed by atoms with E-state index in [1.54, 1.807) is 24.3 Å². The Morgan fingerprint density at radius 3 is 2.64 bits per heavy atom. The van der Waals surface area contributed by atoms with Crippen molar-refractivity contribution in [3.63, 3.8) is 0 Å². The van der Waals surface area contributed by atoms with E-state index >= 15 is 0 Å². The third-order valence-electron chi connectivity index (χ3n) is 5.02. The summed E-state index contributed by atoms with van der Waals surface area (Å²) in [5.74, 6) is -0.997. The molecule has 0 spiro atoms. The first-order chi connectivity index (χ1) is 12.0. The molecular weight excluding hydrogens is 314 g/mol. The third-order valence-corrected chi connectivity index (χ3v) is 5.02. The molecule has 1 atom stereocenters. The highest BCUT2D eigenvalue weighted by atomic mass is 16.4. The molecule has 2 aromatic carbocycles. The number of hydrogen-bond acceptors (Lipinski definition) is 2. The highest BCUT2D eigenvalue weighted by Gasteiger charge is 2.32. The molecule has 0 aliphatic heterocycles. The van der Waals surface area contributed by atoms with Crippen LogP contribution in [0.25, 0.3) is 0 Å².